The summed E-state index contributed by atoms with van der Waals surface area (Å²) in [6.07, 6.45) is 3.39. The van der Waals surface area contributed by atoms with Crippen LogP contribution in [0.15, 0.2) is 60.2 Å². The van der Waals surface area contributed by atoms with E-state index in [9.17, 15) is 4.79 Å². The molecule has 0 atom stereocenters. The Morgan fingerprint density at radius 2 is 1.97 bits per heavy atom. The minimum atomic E-state index is -0.179. The molecule has 0 spiro atoms. The van der Waals surface area contributed by atoms with E-state index in [4.69, 9.17) is 27.9 Å². The molecule has 0 aliphatic heterocycles. The third-order valence-electron chi connectivity index (χ3n) is 5.05. The lowest BCUT2D eigenvalue weighted by atomic mass is 10.1. The Bertz CT molecular complexity index is 1270. The van der Waals surface area contributed by atoms with Crippen LogP contribution in [0.4, 0.5) is 5.69 Å². The molecule has 0 saturated heterocycles. The smallest absolute Gasteiger partial charge is 0.265 e. The highest BCUT2D eigenvalue weighted by Crippen LogP contribution is 2.24. The van der Waals surface area contributed by atoms with Gasteiger partial charge in [0, 0.05) is 11.8 Å². The molecule has 2 aromatic carbocycles. The lowest BCUT2D eigenvalue weighted by molar-refractivity contribution is 0.103. The van der Waals surface area contributed by atoms with E-state index in [0.717, 1.165) is 22.4 Å². The Kier molecular flexibility index (Phi) is 6.84. The zero-order valence-corrected chi connectivity index (χ0v) is 19.9. The molecule has 0 aliphatic rings. The summed E-state index contributed by atoms with van der Waals surface area (Å²) in [6.45, 7) is 5.03. The van der Waals surface area contributed by atoms with Crippen molar-refractivity contribution in [3.05, 3.63) is 97.4 Å². The Hall–Kier alpha value is -2.80. The number of carbonyl (C=O) groups is 1. The van der Waals surface area contributed by atoms with Gasteiger partial charge in [-0.15, -0.1) is 11.3 Å². The minimum absolute atomic E-state index is 0.179. The van der Waals surface area contributed by atoms with Crippen LogP contribution in [0.3, 0.4) is 0 Å². The summed E-state index contributed by atoms with van der Waals surface area (Å²) in [4.78, 5) is 13.3. The number of carbonyl (C=O) groups excluding carboxylic acids is 1. The molecule has 0 radical (unpaired) electrons. The van der Waals surface area contributed by atoms with Crippen LogP contribution in [-0.2, 0) is 13.2 Å². The molecular weight excluding hydrogens is 465 g/mol. The Balaban J connectivity index is 1.35. The van der Waals surface area contributed by atoms with E-state index in [1.807, 2.05) is 36.6 Å². The molecule has 0 unspecified atom stereocenters. The van der Waals surface area contributed by atoms with Crippen LogP contribution in [-0.4, -0.2) is 15.7 Å². The lowest BCUT2D eigenvalue weighted by Gasteiger charge is -2.09. The number of nitrogens with zero attached hydrogens (tertiary/aromatic N) is 2. The van der Waals surface area contributed by atoms with Crippen LogP contribution in [0, 0.1) is 13.8 Å². The first-order chi connectivity index (χ1) is 15.4. The summed E-state index contributed by atoms with van der Waals surface area (Å²) in [6, 6.07) is 13.3. The number of hydrogen-bond donors (Lipinski definition) is 1. The Labute approximate surface area is 200 Å². The van der Waals surface area contributed by atoms with Crippen LogP contribution >= 0.6 is 34.5 Å². The van der Waals surface area contributed by atoms with Gasteiger partial charge in [0.05, 0.1) is 33.4 Å². The average molecular weight is 486 g/mol. The van der Waals surface area contributed by atoms with Crippen molar-refractivity contribution in [1.82, 2.24) is 9.78 Å². The zero-order chi connectivity index (χ0) is 22.7. The second-order valence-corrected chi connectivity index (χ2v) is 9.16. The predicted molar refractivity (Wildman–Crippen MR) is 130 cm³/mol. The van der Waals surface area contributed by atoms with Crippen molar-refractivity contribution < 1.29 is 9.53 Å². The van der Waals surface area contributed by atoms with Gasteiger partial charge in [-0.05, 0) is 60.2 Å². The molecule has 32 heavy (non-hydrogen) atoms. The largest absolute Gasteiger partial charge is 0.489 e. The molecule has 0 fully saturated rings. The van der Waals surface area contributed by atoms with Crippen molar-refractivity contribution in [2.75, 3.05) is 5.32 Å². The summed E-state index contributed by atoms with van der Waals surface area (Å²) in [5.41, 5.74) is 4.85. The van der Waals surface area contributed by atoms with Crippen LogP contribution < -0.4 is 10.1 Å². The van der Waals surface area contributed by atoms with Gasteiger partial charge in [0.15, 0.2) is 0 Å². The standard InChI is InChI=1S/C24H21Cl2N3O2S/c1-15-4-3-5-22(16(15)2)31-13-18-9-23(32-14-18)24(30)28-19-10-27-29(12-19)11-17-6-7-20(25)21(26)8-17/h3-10,12,14H,11,13H2,1-2H3,(H,28,30). The first-order valence-electron chi connectivity index (χ1n) is 9.93. The second-order valence-electron chi connectivity index (χ2n) is 7.44. The fourth-order valence-corrected chi connectivity index (χ4v) is 4.26. The molecule has 4 aromatic rings. The fraction of sp³-hybridized carbons (Fsp3) is 0.167. The molecule has 8 heteroatoms. The molecule has 1 N–H and O–H groups in total. The van der Waals surface area contributed by atoms with Crippen LogP contribution in [0.2, 0.25) is 10.0 Å². The SMILES string of the molecule is Cc1cccc(OCc2csc(C(=O)Nc3cnn(Cc4ccc(Cl)c(Cl)c4)c3)c2)c1C. The summed E-state index contributed by atoms with van der Waals surface area (Å²) in [5, 5.41) is 10.1. The summed E-state index contributed by atoms with van der Waals surface area (Å²) in [5.74, 6) is 0.679. The maximum absolute atomic E-state index is 12.6. The molecule has 0 bridgehead atoms. The van der Waals surface area contributed by atoms with Crippen molar-refractivity contribution in [1.29, 1.82) is 0 Å². The number of rotatable bonds is 7. The number of benzene rings is 2. The van der Waals surface area contributed by atoms with E-state index in [1.165, 1.54) is 16.9 Å². The molecule has 5 nitrogen and oxygen atoms in total. The van der Waals surface area contributed by atoms with Crippen LogP contribution in [0.5, 0.6) is 5.75 Å². The topological polar surface area (TPSA) is 56.1 Å². The van der Waals surface area contributed by atoms with Gasteiger partial charge in [0.1, 0.15) is 12.4 Å². The van der Waals surface area contributed by atoms with E-state index in [0.29, 0.717) is 33.8 Å². The van der Waals surface area contributed by atoms with E-state index in [2.05, 4.69) is 23.4 Å². The van der Waals surface area contributed by atoms with Gasteiger partial charge in [-0.25, -0.2) is 0 Å². The number of amides is 1. The minimum Gasteiger partial charge on any atom is -0.489 e. The van der Waals surface area contributed by atoms with Gasteiger partial charge in [-0.1, -0.05) is 41.4 Å². The average Bonchev–Trinajstić information content (AvgIpc) is 3.41. The van der Waals surface area contributed by atoms with Gasteiger partial charge in [0.25, 0.3) is 5.91 Å². The maximum atomic E-state index is 12.6. The molecule has 4 rings (SSSR count). The first kappa shape index (κ1) is 22.4. The summed E-state index contributed by atoms with van der Waals surface area (Å²) >= 11 is 13.4. The highest BCUT2D eigenvalue weighted by atomic mass is 35.5. The van der Waals surface area contributed by atoms with Gasteiger partial charge in [0.2, 0.25) is 0 Å². The molecule has 164 valence electrons. The van der Waals surface area contributed by atoms with Crippen LogP contribution in [0.25, 0.3) is 0 Å². The quantitative estimate of drug-likeness (QED) is 0.315. The predicted octanol–water partition coefficient (Wildman–Crippen LogP) is 6.75. The van der Waals surface area contributed by atoms with Gasteiger partial charge >= 0.3 is 0 Å². The van der Waals surface area contributed by atoms with Crippen molar-refractivity contribution in [3.63, 3.8) is 0 Å². The maximum Gasteiger partial charge on any atom is 0.265 e. The van der Waals surface area contributed by atoms with Crippen molar-refractivity contribution in [2.24, 2.45) is 0 Å². The monoisotopic (exact) mass is 485 g/mol. The van der Waals surface area contributed by atoms with Gasteiger partial charge in [-0.2, -0.15) is 5.10 Å². The number of aromatic nitrogens is 2. The number of aryl methyl sites for hydroxylation is 1. The highest BCUT2D eigenvalue weighted by Gasteiger charge is 2.12. The number of thiophene rings is 1. The van der Waals surface area contributed by atoms with Gasteiger partial charge in [-0.3, -0.25) is 9.48 Å². The molecule has 1 amide bonds. The molecule has 0 saturated carbocycles. The molecule has 0 aliphatic carbocycles. The molecule has 2 heterocycles. The van der Waals surface area contributed by atoms with Crippen molar-refractivity contribution >= 4 is 46.1 Å². The second kappa shape index (κ2) is 9.77. The summed E-state index contributed by atoms with van der Waals surface area (Å²) in [7, 11) is 0. The number of anilines is 1. The molecular formula is C24H21Cl2N3O2S. The zero-order valence-electron chi connectivity index (χ0n) is 17.6. The Morgan fingerprint density at radius 3 is 2.78 bits per heavy atom. The third kappa shape index (κ3) is 5.33. The number of halogens is 2. The summed E-state index contributed by atoms with van der Waals surface area (Å²) < 4.78 is 7.66. The first-order valence-corrected chi connectivity index (χ1v) is 11.6. The number of nitrogens with one attached hydrogen (secondary N) is 1. The molecule has 2 aromatic heterocycles. The van der Waals surface area contributed by atoms with E-state index in [-0.39, 0.29) is 5.91 Å². The number of hydrogen-bond acceptors (Lipinski definition) is 4. The fourth-order valence-electron chi connectivity index (χ4n) is 3.14. The normalized spacial score (nSPS) is 10.9. The van der Waals surface area contributed by atoms with E-state index >= 15 is 0 Å². The van der Waals surface area contributed by atoms with Crippen molar-refractivity contribution in [2.45, 2.75) is 27.0 Å². The highest BCUT2D eigenvalue weighted by molar-refractivity contribution is 7.12. The van der Waals surface area contributed by atoms with Gasteiger partial charge < -0.3 is 10.1 Å². The van der Waals surface area contributed by atoms with E-state index in [1.54, 1.807) is 29.2 Å². The van der Waals surface area contributed by atoms with Crippen LogP contribution in [0.1, 0.15) is 31.9 Å². The number of ether oxygens (including phenoxy) is 1. The third-order valence-corrected chi connectivity index (χ3v) is 6.76. The van der Waals surface area contributed by atoms with E-state index < -0.39 is 0 Å². The Morgan fingerprint density at radius 1 is 1.12 bits per heavy atom. The lowest BCUT2D eigenvalue weighted by Crippen LogP contribution is -2.09. The van der Waals surface area contributed by atoms with Crippen molar-refractivity contribution in [3.8, 4) is 5.75 Å².